The van der Waals surface area contributed by atoms with Crippen molar-refractivity contribution < 1.29 is 14.4 Å². The predicted molar refractivity (Wildman–Crippen MR) is 107 cm³/mol. The number of benzene rings is 1. The topological polar surface area (TPSA) is 69.7 Å². The molecule has 2 fully saturated rings. The van der Waals surface area contributed by atoms with Crippen molar-refractivity contribution in [3.05, 3.63) is 35.4 Å². The summed E-state index contributed by atoms with van der Waals surface area (Å²) in [6.07, 6.45) is 2.26. The normalized spacial score (nSPS) is 26.5. The third-order valence-electron chi connectivity index (χ3n) is 5.88. The molecule has 0 bridgehead atoms. The van der Waals surface area contributed by atoms with Crippen LogP contribution in [0.25, 0.3) is 0 Å². The molecule has 0 radical (unpaired) electrons. The van der Waals surface area contributed by atoms with Crippen molar-refractivity contribution >= 4 is 17.8 Å². The first-order chi connectivity index (χ1) is 13.0. The Kier molecular flexibility index (Phi) is 5.26. The first-order valence-corrected chi connectivity index (χ1v) is 9.95. The molecule has 1 aromatic rings. The van der Waals surface area contributed by atoms with Crippen molar-refractivity contribution in [2.45, 2.75) is 59.0 Å². The lowest BCUT2D eigenvalue weighted by atomic mass is 9.64. The Hall–Kier alpha value is -2.37. The average molecular weight is 386 g/mol. The number of nitrogens with zero attached hydrogens (tertiary/aromatic N) is 2. The van der Waals surface area contributed by atoms with Gasteiger partial charge >= 0.3 is 6.03 Å². The fourth-order valence-corrected chi connectivity index (χ4v) is 4.96. The molecule has 2 atom stereocenters. The van der Waals surface area contributed by atoms with Crippen LogP contribution >= 0.6 is 0 Å². The Morgan fingerprint density at radius 1 is 1.21 bits per heavy atom. The predicted octanol–water partition coefficient (Wildman–Crippen LogP) is 3.09. The van der Waals surface area contributed by atoms with Crippen molar-refractivity contribution in [2.75, 3.05) is 13.6 Å². The third kappa shape index (κ3) is 4.05. The van der Waals surface area contributed by atoms with Gasteiger partial charge in [-0.25, -0.2) is 4.79 Å². The Bertz CT molecular complexity index is 787. The Morgan fingerprint density at radius 2 is 1.86 bits per heavy atom. The number of carbonyl (C=O) groups is 3. The van der Waals surface area contributed by atoms with Crippen molar-refractivity contribution in [2.24, 2.45) is 11.3 Å². The Labute approximate surface area is 167 Å². The molecule has 6 heteroatoms. The summed E-state index contributed by atoms with van der Waals surface area (Å²) >= 11 is 0. The number of hydrogen-bond donors (Lipinski definition) is 1. The molecule has 0 aromatic heterocycles. The molecule has 1 aliphatic carbocycles. The maximum absolute atomic E-state index is 13.2. The zero-order chi connectivity index (χ0) is 20.7. The number of rotatable bonds is 4. The van der Waals surface area contributed by atoms with Crippen LogP contribution in [0.3, 0.4) is 0 Å². The fourth-order valence-electron chi connectivity index (χ4n) is 4.96. The van der Waals surface area contributed by atoms with Gasteiger partial charge in [-0.2, -0.15) is 0 Å². The first-order valence-electron chi connectivity index (χ1n) is 9.95. The van der Waals surface area contributed by atoms with Crippen LogP contribution in [0.5, 0.6) is 0 Å². The number of likely N-dealkylation sites (N-methyl/N-ethyl adjacent to an activating group) is 1. The minimum Gasteiger partial charge on any atom is -0.340 e. The van der Waals surface area contributed by atoms with Crippen LogP contribution in [0.15, 0.2) is 24.3 Å². The number of aryl methyl sites for hydroxylation is 1. The zero-order valence-corrected chi connectivity index (χ0v) is 17.5. The van der Waals surface area contributed by atoms with E-state index >= 15 is 0 Å². The summed E-state index contributed by atoms with van der Waals surface area (Å²) in [5.74, 6) is -0.161. The van der Waals surface area contributed by atoms with E-state index in [1.807, 2.05) is 31.2 Å². The van der Waals surface area contributed by atoms with Gasteiger partial charge in [0.2, 0.25) is 5.91 Å². The van der Waals surface area contributed by atoms with Crippen molar-refractivity contribution in [1.82, 2.24) is 15.1 Å². The highest BCUT2D eigenvalue weighted by Gasteiger charge is 2.56. The Balaban J connectivity index is 1.68. The second kappa shape index (κ2) is 7.22. The minimum absolute atomic E-state index is 0.0249. The highest BCUT2D eigenvalue weighted by Crippen LogP contribution is 2.46. The van der Waals surface area contributed by atoms with Crippen LogP contribution in [-0.4, -0.2) is 46.8 Å². The summed E-state index contributed by atoms with van der Waals surface area (Å²) in [6.45, 7) is 8.62. The second-order valence-corrected chi connectivity index (χ2v) is 9.49. The molecule has 1 heterocycles. The molecular formula is C22H31N3O3. The van der Waals surface area contributed by atoms with E-state index in [1.54, 1.807) is 11.9 Å². The van der Waals surface area contributed by atoms with Gasteiger partial charge in [-0.05, 0) is 43.1 Å². The van der Waals surface area contributed by atoms with Gasteiger partial charge < -0.3 is 10.2 Å². The summed E-state index contributed by atoms with van der Waals surface area (Å²) in [7, 11) is 1.70. The summed E-state index contributed by atoms with van der Waals surface area (Å²) in [5, 5.41) is 2.92. The van der Waals surface area contributed by atoms with E-state index in [-0.39, 0.29) is 23.8 Å². The molecule has 1 saturated heterocycles. The molecule has 6 nitrogen and oxygen atoms in total. The highest BCUT2D eigenvalue weighted by atomic mass is 16.2. The van der Waals surface area contributed by atoms with Gasteiger partial charge in [0.05, 0.1) is 0 Å². The van der Waals surface area contributed by atoms with Crippen molar-refractivity contribution in [3.8, 4) is 0 Å². The Morgan fingerprint density at radius 3 is 2.46 bits per heavy atom. The first kappa shape index (κ1) is 20.4. The largest absolute Gasteiger partial charge is 0.340 e. The number of urea groups is 1. The van der Waals surface area contributed by atoms with Gasteiger partial charge in [-0.1, -0.05) is 50.6 Å². The maximum Gasteiger partial charge on any atom is 0.325 e. The second-order valence-electron chi connectivity index (χ2n) is 9.49. The molecule has 1 spiro atoms. The van der Waals surface area contributed by atoms with Gasteiger partial charge in [0.15, 0.2) is 0 Å². The van der Waals surface area contributed by atoms with Gasteiger partial charge in [-0.15, -0.1) is 0 Å². The maximum atomic E-state index is 13.2. The van der Waals surface area contributed by atoms with Crippen LogP contribution < -0.4 is 5.32 Å². The van der Waals surface area contributed by atoms with Gasteiger partial charge in [0.25, 0.3) is 5.91 Å². The molecule has 152 valence electrons. The molecule has 3 rings (SSSR count). The molecule has 2 unspecified atom stereocenters. The summed E-state index contributed by atoms with van der Waals surface area (Å²) < 4.78 is 0. The van der Waals surface area contributed by atoms with E-state index in [9.17, 15) is 14.4 Å². The number of hydrogen-bond acceptors (Lipinski definition) is 3. The fraction of sp³-hybridized carbons (Fsp3) is 0.591. The summed E-state index contributed by atoms with van der Waals surface area (Å²) in [4.78, 5) is 41.0. The number of amides is 4. The zero-order valence-electron chi connectivity index (χ0n) is 17.5. The van der Waals surface area contributed by atoms with Crippen LogP contribution in [0.1, 0.15) is 51.2 Å². The van der Waals surface area contributed by atoms with Crippen molar-refractivity contribution in [3.63, 3.8) is 0 Å². The van der Waals surface area contributed by atoms with E-state index in [2.05, 4.69) is 26.1 Å². The van der Waals surface area contributed by atoms with E-state index < -0.39 is 11.6 Å². The van der Waals surface area contributed by atoms with E-state index in [0.717, 1.165) is 22.4 Å². The van der Waals surface area contributed by atoms with Gasteiger partial charge in [-0.3, -0.25) is 14.5 Å². The molecule has 1 aliphatic heterocycles. The van der Waals surface area contributed by atoms with Crippen LogP contribution in [0.4, 0.5) is 4.79 Å². The number of nitrogens with one attached hydrogen (secondary N) is 1. The molecule has 2 aliphatic rings. The lowest BCUT2D eigenvalue weighted by molar-refractivity contribution is -0.140. The number of imide groups is 1. The van der Waals surface area contributed by atoms with Crippen LogP contribution in [0.2, 0.25) is 0 Å². The summed E-state index contributed by atoms with van der Waals surface area (Å²) in [5.41, 5.74) is 1.28. The van der Waals surface area contributed by atoms with E-state index in [0.29, 0.717) is 25.3 Å². The molecule has 1 N–H and O–H groups in total. The average Bonchev–Trinajstić information content (AvgIpc) is 2.78. The minimum atomic E-state index is -0.867. The van der Waals surface area contributed by atoms with E-state index in [4.69, 9.17) is 0 Å². The smallest absolute Gasteiger partial charge is 0.325 e. The third-order valence-corrected chi connectivity index (χ3v) is 5.88. The lowest BCUT2D eigenvalue weighted by Crippen LogP contribution is -2.54. The quantitative estimate of drug-likeness (QED) is 0.810. The molecular weight excluding hydrogens is 354 g/mol. The molecule has 1 saturated carbocycles. The van der Waals surface area contributed by atoms with Crippen LogP contribution in [0, 0.1) is 18.3 Å². The lowest BCUT2D eigenvalue weighted by Gasteiger charge is -2.43. The van der Waals surface area contributed by atoms with Gasteiger partial charge in [0.1, 0.15) is 12.1 Å². The molecule has 28 heavy (non-hydrogen) atoms. The molecule has 1 aromatic carbocycles. The van der Waals surface area contributed by atoms with E-state index in [1.165, 1.54) is 0 Å². The number of carbonyl (C=O) groups excluding carboxylic acids is 3. The standard InChI is InChI=1S/C22H31N3O3/c1-15-6-8-17(9-7-15)12-24(5)18(26)13-25-19(27)22(23-20(25)28)11-16(2)10-21(3,4)14-22/h6-9,16H,10-14H2,1-5H3,(H,23,28). The highest BCUT2D eigenvalue weighted by molar-refractivity contribution is 6.09. The SMILES string of the molecule is Cc1ccc(CN(C)C(=O)CN2C(=O)NC3(CC(C)CC(C)(C)C3)C2=O)cc1. The summed E-state index contributed by atoms with van der Waals surface area (Å²) in [6, 6.07) is 7.51. The molecule has 4 amide bonds. The monoisotopic (exact) mass is 385 g/mol. The van der Waals surface area contributed by atoms with Crippen LogP contribution in [-0.2, 0) is 16.1 Å². The van der Waals surface area contributed by atoms with Crippen molar-refractivity contribution in [1.29, 1.82) is 0 Å². The van der Waals surface area contributed by atoms with Gasteiger partial charge in [0, 0.05) is 13.6 Å².